The Hall–Kier alpha value is -6.64. The third kappa shape index (κ3) is 3.79. The summed E-state index contributed by atoms with van der Waals surface area (Å²) >= 11 is 0. The molecule has 11 rings (SSSR count). The summed E-state index contributed by atoms with van der Waals surface area (Å²) in [5.74, 6) is 0. The maximum Gasteiger partial charge on any atom is 0.143 e. The van der Waals surface area contributed by atoms with E-state index in [-0.39, 0.29) is 0 Å². The summed E-state index contributed by atoms with van der Waals surface area (Å²) in [4.78, 5) is 0. The highest BCUT2D eigenvalue weighted by Gasteiger charge is 2.25. The summed E-state index contributed by atoms with van der Waals surface area (Å²) in [5.41, 5.74) is 10.5. The largest absolute Gasteiger partial charge is 0.456 e. The summed E-state index contributed by atoms with van der Waals surface area (Å²) < 4.78 is 13.6. The lowest BCUT2D eigenvalue weighted by molar-refractivity contribution is 0.669. The minimum Gasteiger partial charge on any atom is -0.456 e. The van der Waals surface area contributed by atoms with Crippen LogP contribution in [0.5, 0.6) is 0 Å². The highest BCUT2D eigenvalue weighted by atomic mass is 16.3. The molecule has 0 saturated carbocycles. The molecule has 0 saturated heterocycles. The van der Waals surface area contributed by atoms with Gasteiger partial charge in [-0.05, 0) is 73.5 Å². The van der Waals surface area contributed by atoms with Crippen LogP contribution in [0.4, 0.5) is 0 Å². The first-order valence-electron chi connectivity index (χ1n) is 17.1. The first-order valence-corrected chi connectivity index (χ1v) is 17.1. The minimum absolute atomic E-state index is 0.872. The molecule has 0 radical (unpaired) electrons. The van der Waals surface area contributed by atoms with Gasteiger partial charge in [0.05, 0.1) is 0 Å². The van der Waals surface area contributed by atoms with E-state index in [0.29, 0.717) is 0 Å². The lowest BCUT2D eigenvalue weighted by Gasteiger charge is -2.19. The molecule has 0 bridgehead atoms. The van der Waals surface area contributed by atoms with Crippen LogP contribution in [0.3, 0.4) is 0 Å². The van der Waals surface area contributed by atoms with E-state index >= 15 is 0 Å². The van der Waals surface area contributed by atoms with Gasteiger partial charge in [0.1, 0.15) is 22.3 Å². The number of benzene rings is 9. The van der Waals surface area contributed by atoms with Gasteiger partial charge in [0.2, 0.25) is 0 Å². The Morgan fingerprint density at radius 3 is 1.38 bits per heavy atom. The molecule has 2 aromatic heterocycles. The maximum atomic E-state index is 7.01. The SMILES string of the molecule is c1ccc(-c2c3ccccc3c(-c3cc4c(-c5ccccc5)cc5oc6ccccc6c5c4c4c3oc3ccccc34)c3ccccc23)cc1. The summed E-state index contributed by atoms with van der Waals surface area (Å²) in [6, 6.07) is 60.6. The average Bonchev–Trinajstić information content (AvgIpc) is 3.76. The van der Waals surface area contributed by atoms with Gasteiger partial charge in [-0.15, -0.1) is 0 Å². The van der Waals surface area contributed by atoms with Gasteiger partial charge in [0.15, 0.2) is 0 Å². The van der Waals surface area contributed by atoms with Crippen molar-refractivity contribution in [3.63, 3.8) is 0 Å². The van der Waals surface area contributed by atoms with E-state index in [0.717, 1.165) is 66.0 Å². The Kier molecular flexibility index (Phi) is 5.70. The predicted octanol–water partition coefficient (Wildman–Crippen LogP) is 13.9. The molecule has 0 unspecified atom stereocenters. The minimum atomic E-state index is 0.872. The quantitative estimate of drug-likeness (QED) is 0.180. The Balaban J connectivity index is 1.41. The zero-order valence-electron chi connectivity index (χ0n) is 27.0. The Bertz CT molecular complexity index is 3070. The number of rotatable bonds is 3. The fraction of sp³-hybridized carbons (Fsp3) is 0. The Morgan fingerprint density at radius 1 is 0.280 bits per heavy atom. The second kappa shape index (κ2) is 10.4. The average molecular weight is 637 g/mol. The molecule has 0 fully saturated rings. The summed E-state index contributed by atoms with van der Waals surface area (Å²) in [6.07, 6.45) is 0. The molecule has 9 aromatic carbocycles. The number of hydrogen-bond acceptors (Lipinski definition) is 2. The van der Waals surface area contributed by atoms with Crippen molar-refractivity contribution < 1.29 is 8.83 Å². The Labute approximate surface area is 287 Å². The molecule has 0 atom stereocenters. The highest BCUT2D eigenvalue weighted by Crippen LogP contribution is 2.51. The highest BCUT2D eigenvalue weighted by molar-refractivity contribution is 6.36. The van der Waals surface area contributed by atoms with Crippen molar-refractivity contribution in [3.05, 3.63) is 170 Å². The van der Waals surface area contributed by atoms with Crippen molar-refractivity contribution in [2.45, 2.75) is 0 Å². The van der Waals surface area contributed by atoms with Crippen LogP contribution >= 0.6 is 0 Å². The van der Waals surface area contributed by atoms with E-state index in [1.165, 1.54) is 43.6 Å². The summed E-state index contributed by atoms with van der Waals surface area (Å²) in [5, 5.41) is 11.6. The third-order valence-corrected chi connectivity index (χ3v) is 10.4. The monoisotopic (exact) mass is 636 g/mol. The second-order valence-corrected chi connectivity index (χ2v) is 13.1. The molecular weight excluding hydrogens is 609 g/mol. The number of hydrogen-bond donors (Lipinski definition) is 0. The summed E-state index contributed by atoms with van der Waals surface area (Å²) in [7, 11) is 0. The van der Waals surface area contributed by atoms with Crippen molar-refractivity contribution in [2.75, 3.05) is 0 Å². The van der Waals surface area contributed by atoms with Crippen LogP contribution in [-0.2, 0) is 0 Å². The van der Waals surface area contributed by atoms with E-state index in [1.54, 1.807) is 0 Å². The fourth-order valence-electron chi connectivity index (χ4n) is 8.38. The van der Waals surface area contributed by atoms with Gasteiger partial charge in [-0.25, -0.2) is 0 Å². The third-order valence-electron chi connectivity index (χ3n) is 10.4. The van der Waals surface area contributed by atoms with Crippen LogP contribution in [0.1, 0.15) is 0 Å². The number of fused-ring (bicyclic) bond motifs is 11. The normalized spacial score (nSPS) is 12.0. The molecule has 0 spiro atoms. The molecule has 11 aromatic rings. The van der Waals surface area contributed by atoms with Crippen molar-refractivity contribution in [1.29, 1.82) is 0 Å². The van der Waals surface area contributed by atoms with Gasteiger partial charge < -0.3 is 8.83 Å². The Morgan fingerprint density at radius 2 is 0.760 bits per heavy atom. The molecule has 0 N–H and O–H groups in total. The molecule has 2 nitrogen and oxygen atoms in total. The first-order chi connectivity index (χ1) is 24.8. The standard InChI is InChI=1S/C48H28O2/c1-3-15-29(16-4-1)37-28-42-45(35-23-11-13-25-40(35)49-42)46-38(37)27-39(48-47(46)36-24-12-14-26-41(36)50-48)44-33-21-9-7-19-31(33)43(30-17-5-2-6-18-30)32-20-8-10-22-34(32)44/h1-28H. The predicted molar refractivity (Wildman–Crippen MR) is 210 cm³/mol. The van der Waals surface area contributed by atoms with Crippen LogP contribution in [-0.4, -0.2) is 0 Å². The van der Waals surface area contributed by atoms with Crippen molar-refractivity contribution >= 4 is 76.2 Å². The molecule has 0 aliphatic carbocycles. The van der Waals surface area contributed by atoms with Gasteiger partial charge in [0.25, 0.3) is 0 Å². The van der Waals surface area contributed by atoms with Gasteiger partial charge >= 0.3 is 0 Å². The molecular formula is C48H28O2. The molecule has 50 heavy (non-hydrogen) atoms. The molecule has 232 valence electrons. The number of furan rings is 2. The van der Waals surface area contributed by atoms with Gasteiger partial charge in [0, 0.05) is 38.1 Å². The molecule has 2 heterocycles. The molecule has 2 heteroatoms. The van der Waals surface area contributed by atoms with E-state index < -0.39 is 0 Å². The van der Waals surface area contributed by atoms with E-state index in [1.807, 2.05) is 6.07 Å². The van der Waals surface area contributed by atoms with Crippen LogP contribution < -0.4 is 0 Å². The number of para-hydroxylation sites is 2. The lowest BCUT2D eigenvalue weighted by atomic mass is 9.83. The van der Waals surface area contributed by atoms with Crippen molar-refractivity contribution in [1.82, 2.24) is 0 Å². The van der Waals surface area contributed by atoms with Crippen molar-refractivity contribution in [2.24, 2.45) is 0 Å². The van der Waals surface area contributed by atoms with Crippen LogP contribution in [0.2, 0.25) is 0 Å². The second-order valence-electron chi connectivity index (χ2n) is 13.1. The maximum absolute atomic E-state index is 7.01. The van der Waals surface area contributed by atoms with Crippen LogP contribution in [0.15, 0.2) is 179 Å². The van der Waals surface area contributed by atoms with E-state index in [4.69, 9.17) is 8.83 Å². The van der Waals surface area contributed by atoms with Crippen LogP contribution in [0.25, 0.3) is 110 Å². The van der Waals surface area contributed by atoms with Crippen LogP contribution in [0, 0.1) is 0 Å². The van der Waals surface area contributed by atoms with Gasteiger partial charge in [-0.3, -0.25) is 0 Å². The molecule has 0 aliphatic heterocycles. The van der Waals surface area contributed by atoms with Crippen molar-refractivity contribution in [3.8, 4) is 33.4 Å². The topological polar surface area (TPSA) is 26.3 Å². The van der Waals surface area contributed by atoms with Gasteiger partial charge in [-0.2, -0.15) is 0 Å². The fourth-order valence-corrected chi connectivity index (χ4v) is 8.38. The smallest absolute Gasteiger partial charge is 0.143 e. The van der Waals surface area contributed by atoms with Gasteiger partial charge in [-0.1, -0.05) is 146 Å². The molecule has 0 aliphatic rings. The zero-order chi connectivity index (χ0) is 32.8. The van der Waals surface area contributed by atoms with E-state index in [2.05, 4.69) is 164 Å². The summed E-state index contributed by atoms with van der Waals surface area (Å²) in [6.45, 7) is 0. The lowest BCUT2D eigenvalue weighted by Crippen LogP contribution is -1.92. The first kappa shape index (κ1) is 27.3. The van der Waals surface area contributed by atoms with E-state index in [9.17, 15) is 0 Å². The molecule has 0 amide bonds. The zero-order valence-corrected chi connectivity index (χ0v) is 27.0.